The first-order chi connectivity index (χ1) is 15.0. The highest BCUT2D eigenvalue weighted by atomic mass is 32.2. The Kier molecular flexibility index (Phi) is 5.76. The Morgan fingerprint density at radius 1 is 0.871 bits per heavy atom. The molecule has 0 spiro atoms. The third kappa shape index (κ3) is 4.78. The van der Waals surface area contributed by atoms with Gasteiger partial charge >= 0.3 is 0 Å². The quantitative estimate of drug-likeness (QED) is 0.460. The van der Waals surface area contributed by atoms with Crippen molar-refractivity contribution in [3.8, 4) is 11.4 Å². The molecule has 0 saturated heterocycles. The zero-order valence-electron chi connectivity index (χ0n) is 16.2. The molecule has 0 atom stereocenters. The van der Waals surface area contributed by atoms with Crippen LogP contribution in [0.1, 0.15) is 16.2 Å². The second kappa shape index (κ2) is 8.80. The number of anilines is 1. The van der Waals surface area contributed by atoms with Gasteiger partial charge in [0.25, 0.3) is 15.9 Å². The van der Waals surface area contributed by atoms with Crippen LogP contribution in [-0.2, 0) is 16.6 Å². The van der Waals surface area contributed by atoms with E-state index in [0.717, 1.165) is 5.56 Å². The minimum Gasteiger partial charge on any atom is -0.343 e. The summed E-state index contributed by atoms with van der Waals surface area (Å²) in [5, 5.41) is 6.58. The number of carbonyl (C=O) groups excluding carboxylic acids is 1. The number of hydrogen-bond acceptors (Lipinski definition) is 6. The Morgan fingerprint density at radius 3 is 2.26 bits per heavy atom. The minimum atomic E-state index is -3.83. The molecule has 1 heterocycles. The van der Waals surface area contributed by atoms with Crippen LogP contribution in [-0.4, -0.2) is 24.5 Å². The van der Waals surface area contributed by atoms with Gasteiger partial charge in [-0.3, -0.25) is 9.52 Å². The molecule has 31 heavy (non-hydrogen) atoms. The summed E-state index contributed by atoms with van der Waals surface area (Å²) >= 11 is 0. The minimum absolute atomic E-state index is 0.00155. The van der Waals surface area contributed by atoms with Crippen LogP contribution in [0.3, 0.4) is 0 Å². The first-order valence-electron chi connectivity index (χ1n) is 9.36. The van der Waals surface area contributed by atoms with Crippen molar-refractivity contribution in [1.29, 1.82) is 0 Å². The van der Waals surface area contributed by atoms with E-state index in [1.165, 1.54) is 24.3 Å². The molecule has 4 aromatic rings. The van der Waals surface area contributed by atoms with E-state index >= 15 is 0 Å². The van der Waals surface area contributed by atoms with E-state index in [-0.39, 0.29) is 28.6 Å². The topological polar surface area (TPSA) is 114 Å². The number of rotatable bonds is 7. The van der Waals surface area contributed by atoms with Crippen LogP contribution in [0.5, 0.6) is 0 Å². The summed E-state index contributed by atoms with van der Waals surface area (Å²) in [4.78, 5) is 17.1. The van der Waals surface area contributed by atoms with Gasteiger partial charge in [-0.05, 0) is 24.3 Å². The average Bonchev–Trinajstić information content (AvgIpc) is 3.28. The number of aromatic nitrogens is 2. The van der Waals surface area contributed by atoms with Gasteiger partial charge in [0.1, 0.15) is 0 Å². The number of sulfonamides is 1. The van der Waals surface area contributed by atoms with Crippen molar-refractivity contribution in [2.75, 3.05) is 4.72 Å². The molecule has 0 bridgehead atoms. The van der Waals surface area contributed by atoms with Crippen LogP contribution in [0, 0.1) is 0 Å². The highest BCUT2D eigenvalue weighted by molar-refractivity contribution is 7.92. The molecule has 1 amide bonds. The number of benzene rings is 3. The molecule has 156 valence electrons. The van der Waals surface area contributed by atoms with Gasteiger partial charge in [0.15, 0.2) is 0 Å². The Morgan fingerprint density at radius 2 is 1.52 bits per heavy atom. The van der Waals surface area contributed by atoms with Crippen molar-refractivity contribution in [2.45, 2.75) is 11.4 Å². The third-order valence-electron chi connectivity index (χ3n) is 4.37. The van der Waals surface area contributed by atoms with Crippen molar-refractivity contribution < 1.29 is 17.7 Å². The lowest BCUT2D eigenvalue weighted by Crippen LogP contribution is -2.25. The highest BCUT2D eigenvalue weighted by Crippen LogP contribution is 2.20. The van der Waals surface area contributed by atoms with Crippen LogP contribution in [0.4, 0.5) is 5.69 Å². The summed E-state index contributed by atoms with van der Waals surface area (Å²) < 4.78 is 32.9. The second-order valence-corrected chi connectivity index (χ2v) is 8.21. The maximum atomic E-state index is 12.7. The van der Waals surface area contributed by atoms with E-state index in [4.69, 9.17) is 4.52 Å². The number of para-hydroxylation sites is 1. The SMILES string of the molecule is O=C(NCc1nc(-c2ccccc2)no1)c1ccccc1NS(=O)(=O)c1ccccc1. The molecule has 8 nitrogen and oxygen atoms in total. The van der Waals surface area contributed by atoms with Gasteiger partial charge in [-0.2, -0.15) is 4.98 Å². The number of carbonyl (C=O) groups is 1. The summed E-state index contributed by atoms with van der Waals surface area (Å²) in [5.74, 6) is 0.168. The molecule has 0 aliphatic rings. The average molecular weight is 434 g/mol. The van der Waals surface area contributed by atoms with E-state index in [2.05, 4.69) is 20.2 Å². The van der Waals surface area contributed by atoms with Gasteiger partial charge in [0, 0.05) is 5.56 Å². The van der Waals surface area contributed by atoms with Gasteiger partial charge in [-0.1, -0.05) is 65.8 Å². The Labute approximate surface area is 179 Å². The lowest BCUT2D eigenvalue weighted by Gasteiger charge is -2.12. The largest absolute Gasteiger partial charge is 0.343 e. The summed E-state index contributed by atoms with van der Waals surface area (Å²) in [6, 6.07) is 23.6. The monoisotopic (exact) mass is 434 g/mol. The molecule has 0 radical (unpaired) electrons. The molecular weight excluding hydrogens is 416 g/mol. The summed E-state index contributed by atoms with van der Waals surface area (Å²) in [6.45, 7) is -0.00155. The fourth-order valence-electron chi connectivity index (χ4n) is 2.86. The molecule has 0 saturated carbocycles. The molecule has 2 N–H and O–H groups in total. The first-order valence-corrected chi connectivity index (χ1v) is 10.8. The van der Waals surface area contributed by atoms with Gasteiger partial charge in [-0.25, -0.2) is 8.42 Å². The van der Waals surface area contributed by atoms with E-state index in [1.807, 2.05) is 30.3 Å². The number of nitrogens with one attached hydrogen (secondary N) is 2. The molecule has 9 heteroatoms. The van der Waals surface area contributed by atoms with Crippen LogP contribution in [0.15, 0.2) is 94.3 Å². The lowest BCUT2D eigenvalue weighted by molar-refractivity contribution is 0.0947. The van der Waals surface area contributed by atoms with Crippen molar-refractivity contribution >= 4 is 21.6 Å². The zero-order chi connectivity index (χ0) is 21.7. The standard InChI is InChI=1S/C22H18N4O4S/c27-22(23-15-20-24-21(25-30-20)16-9-3-1-4-10-16)18-13-7-8-14-19(18)26-31(28,29)17-11-5-2-6-12-17/h1-14,26H,15H2,(H,23,27). The summed E-state index contributed by atoms with van der Waals surface area (Å²) in [6.07, 6.45) is 0. The summed E-state index contributed by atoms with van der Waals surface area (Å²) in [7, 11) is -3.83. The van der Waals surface area contributed by atoms with Gasteiger partial charge in [0.05, 0.1) is 22.7 Å². The van der Waals surface area contributed by atoms with Crippen LogP contribution < -0.4 is 10.0 Å². The molecule has 0 unspecified atom stereocenters. The zero-order valence-corrected chi connectivity index (χ0v) is 17.0. The normalized spacial score (nSPS) is 11.1. The Balaban J connectivity index is 1.47. The highest BCUT2D eigenvalue weighted by Gasteiger charge is 2.19. The van der Waals surface area contributed by atoms with Crippen molar-refractivity contribution in [3.05, 3.63) is 96.4 Å². The molecule has 0 aliphatic carbocycles. The van der Waals surface area contributed by atoms with Gasteiger partial charge in [-0.15, -0.1) is 0 Å². The van der Waals surface area contributed by atoms with Crippen molar-refractivity contribution in [1.82, 2.24) is 15.5 Å². The maximum absolute atomic E-state index is 12.7. The molecular formula is C22H18N4O4S. The van der Waals surface area contributed by atoms with E-state index in [9.17, 15) is 13.2 Å². The van der Waals surface area contributed by atoms with Crippen LogP contribution >= 0.6 is 0 Å². The predicted molar refractivity (Wildman–Crippen MR) is 115 cm³/mol. The molecule has 0 fully saturated rings. The van der Waals surface area contributed by atoms with Crippen LogP contribution in [0.25, 0.3) is 11.4 Å². The first kappa shape index (κ1) is 20.3. The maximum Gasteiger partial charge on any atom is 0.261 e. The van der Waals surface area contributed by atoms with E-state index < -0.39 is 15.9 Å². The number of amides is 1. The van der Waals surface area contributed by atoms with Crippen molar-refractivity contribution in [3.63, 3.8) is 0 Å². The Bertz CT molecular complexity index is 1290. The molecule has 3 aromatic carbocycles. The van der Waals surface area contributed by atoms with Crippen molar-refractivity contribution in [2.24, 2.45) is 0 Å². The van der Waals surface area contributed by atoms with Gasteiger partial charge < -0.3 is 9.84 Å². The fraction of sp³-hybridized carbons (Fsp3) is 0.0455. The molecule has 0 aliphatic heterocycles. The van der Waals surface area contributed by atoms with Gasteiger partial charge in [0.2, 0.25) is 11.7 Å². The number of nitrogens with zero attached hydrogens (tertiary/aromatic N) is 2. The smallest absolute Gasteiger partial charge is 0.261 e. The molecule has 1 aromatic heterocycles. The fourth-order valence-corrected chi connectivity index (χ4v) is 3.96. The summed E-state index contributed by atoms with van der Waals surface area (Å²) in [5.41, 5.74) is 1.13. The Hall–Kier alpha value is -3.98. The lowest BCUT2D eigenvalue weighted by atomic mass is 10.1. The molecule has 4 rings (SSSR count). The predicted octanol–water partition coefficient (Wildman–Crippen LogP) is 3.47. The van der Waals surface area contributed by atoms with E-state index in [0.29, 0.717) is 5.82 Å². The third-order valence-corrected chi connectivity index (χ3v) is 5.75. The number of hydrogen-bond donors (Lipinski definition) is 2. The van der Waals surface area contributed by atoms with Crippen LogP contribution in [0.2, 0.25) is 0 Å². The van der Waals surface area contributed by atoms with E-state index in [1.54, 1.807) is 30.3 Å². The second-order valence-electron chi connectivity index (χ2n) is 6.52.